The number of esters is 1. The van der Waals surface area contributed by atoms with Gasteiger partial charge in [-0.15, -0.1) is 0 Å². The molecule has 1 heterocycles. The summed E-state index contributed by atoms with van der Waals surface area (Å²) in [6.45, 7) is 0. The van der Waals surface area contributed by atoms with E-state index >= 15 is 0 Å². The second-order valence-electron chi connectivity index (χ2n) is 6.32. The smallest absolute Gasteiger partial charge is 0.340 e. The molecule has 5 nitrogen and oxygen atoms in total. The summed E-state index contributed by atoms with van der Waals surface area (Å²) >= 11 is 6.02. The minimum atomic E-state index is -0.447. The Balaban J connectivity index is 1.71. The van der Waals surface area contributed by atoms with E-state index in [1.54, 1.807) is 18.2 Å². The van der Waals surface area contributed by atoms with E-state index in [0.29, 0.717) is 22.0 Å². The largest absolute Gasteiger partial charge is 0.465 e. The highest BCUT2D eigenvalue weighted by Crippen LogP contribution is 2.29. The molecule has 0 atom stereocenters. The number of nitrogens with zero attached hydrogens (tertiary/aromatic N) is 1. The summed E-state index contributed by atoms with van der Waals surface area (Å²) < 4.78 is 6.90. The molecule has 140 valence electrons. The molecule has 0 amide bonds. The molecule has 4 aromatic rings. The SMILES string of the molecule is COC(=O)c1cc(Cl)ccc1Nc1ccc2c(ccn2-c2ccccc2N)c1. The molecule has 6 heteroatoms. The van der Waals surface area contributed by atoms with Gasteiger partial charge in [0.05, 0.1) is 35.3 Å². The molecule has 0 aliphatic carbocycles. The molecule has 1 aromatic heterocycles. The first-order chi connectivity index (χ1) is 13.6. The molecule has 0 radical (unpaired) electrons. The van der Waals surface area contributed by atoms with E-state index in [0.717, 1.165) is 22.3 Å². The summed E-state index contributed by atoms with van der Waals surface area (Å²) in [5.41, 5.74) is 10.7. The average molecular weight is 392 g/mol. The van der Waals surface area contributed by atoms with Crippen LogP contribution in [0.3, 0.4) is 0 Å². The average Bonchev–Trinajstić information content (AvgIpc) is 3.12. The van der Waals surface area contributed by atoms with Crippen LogP contribution in [0.1, 0.15) is 10.4 Å². The highest BCUT2D eigenvalue weighted by atomic mass is 35.5. The van der Waals surface area contributed by atoms with Crippen LogP contribution in [0.4, 0.5) is 17.1 Å². The number of carbonyl (C=O) groups is 1. The number of fused-ring (bicyclic) bond motifs is 1. The topological polar surface area (TPSA) is 69.3 Å². The number of carbonyl (C=O) groups excluding carboxylic acids is 1. The zero-order chi connectivity index (χ0) is 19.7. The van der Waals surface area contributed by atoms with Crippen molar-refractivity contribution in [3.05, 3.63) is 83.5 Å². The van der Waals surface area contributed by atoms with Gasteiger partial charge >= 0.3 is 5.97 Å². The Bertz CT molecular complexity index is 1180. The van der Waals surface area contributed by atoms with Gasteiger partial charge in [-0.05, 0) is 54.6 Å². The number of nitrogens with two attached hydrogens (primary N) is 1. The number of halogens is 1. The summed E-state index contributed by atoms with van der Waals surface area (Å²) in [6.07, 6.45) is 1.99. The number of aromatic nitrogens is 1. The van der Waals surface area contributed by atoms with Gasteiger partial charge in [-0.1, -0.05) is 23.7 Å². The highest BCUT2D eigenvalue weighted by Gasteiger charge is 2.13. The van der Waals surface area contributed by atoms with E-state index in [2.05, 4.69) is 9.88 Å². The number of methoxy groups -OCH3 is 1. The van der Waals surface area contributed by atoms with Gasteiger partial charge in [-0.25, -0.2) is 4.79 Å². The Morgan fingerprint density at radius 1 is 1.07 bits per heavy atom. The molecule has 0 unspecified atom stereocenters. The minimum Gasteiger partial charge on any atom is -0.465 e. The Morgan fingerprint density at radius 2 is 1.89 bits per heavy atom. The monoisotopic (exact) mass is 391 g/mol. The van der Waals surface area contributed by atoms with Crippen molar-refractivity contribution < 1.29 is 9.53 Å². The number of anilines is 3. The van der Waals surface area contributed by atoms with Crippen LogP contribution in [0, 0.1) is 0 Å². The van der Waals surface area contributed by atoms with Crippen LogP contribution in [-0.2, 0) is 4.74 Å². The number of para-hydroxylation sites is 2. The fourth-order valence-electron chi connectivity index (χ4n) is 3.20. The third kappa shape index (κ3) is 3.28. The van der Waals surface area contributed by atoms with E-state index in [9.17, 15) is 4.79 Å². The number of hydrogen-bond acceptors (Lipinski definition) is 4. The van der Waals surface area contributed by atoms with E-state index < -0.39 is 5.97 Å². The first-order valence-corrected chi connectivity index (χ1v) is 9.05. The quantitative estimate of drug-likeness (QED) is 0.361. The van der Waals surface area contributed by atoms with Gasteiger partial charge in [0, 0.05) is 22.3 Å². The Kier molecular flexibility index (Phi) is 4.67. The van der Waals surface area contributed by atoms with Crippen LogP contribution >= 0.6 is 11.6 Å². The number of rotatable bonds is 4. The number of nitrogens with one attached hydrogen (secondary N) is 1. The molecule has 0 aliphatic heterocycles. The molecule has 0 saturated carbocycles. The molecular weight excluding hydrogens is 374 g/mol. The predicted octanol–water partition coefficient (Wildman–Crippen LogP) is 5.40. The fourth-order valence-corrected chi connectivity index (χ4v) is 3.37. The van der Waals surface area contributed by atoms with Crippen molar-refractivity contribution >= 4 is 45.5 Å². The number of ether oxygens (including phenoxy) is 1. The highest BCUT2D eigenvalue weighted by molar-refractivity contribution is 6.31. The van der Waals surface area contributed by atoms with Crippen molar-refractivity contribution in [1.29, 1.82) is 0 Å². The number of nitrogen functional groups attached to an aromatic ring is 1. The molecular formula is C22H18ClN3O2. The summed E-state index contributed by atoms with van der Waals surface area (Å²) in [4.78, 5) is 12.0. The van der Waals surface area contributed by atoms with Crippen LogP contribution in [0.25, 0.3) is 16.6 Å². The van der Waals surface area contributed by atoms with Crippen molar-refractivity contribution in [2.24, 2.45) is 0 Å². The Hall–Kier alpha value is -3.44. The lowest BCUT2D eigenvalue weighted by Crippen LogP contribution is -2.05. The molecule has 28 heavy (non-hydrogen) atoms. The summed E-state index contributed by atoms with van der Waals surface area (Å²) in [5, 5.41) is 4.79. The fraction of sp³-hybridized carbons (Fsp3) is 0.0455. The van der Waals surface area contributed by atoms with E-state index in [1.807, 2.05) is 54.7 Å². The molecule has 0 fully saturated rings. The maximum Gasteiger partial charge on any atom is 0.340 e. The lowest BCUT2D eigenvalue weighted by Gasteiger charge is -2.12. The van der Waals surface area contributed by atoms with E-state index in [4.69, 9.17) is 22.1 Å². The Morgan fingerprint density at radius 3 is 2.68 bits per heavy atom. The van der Waals surface area contributed by atoms with Gasteiger partial charge in [-0.3, -0.25) is 0 Å². The number of benzene rings is 3. The lowest BCUT2D eigenvalue weighted by atomic mass is 10.1. The first-order valence-electron chi connectivity index (χ1n) is 8.67. The van der Waals surface area contributed by atoms with Crippen molar-refractivity contribution in [2.75, 3.05) is 18.2 Å². The van der Waals surface area contributed by atoms with Gasteiger partial charge < -0.3 is 20.4 Å². The maximum absolute atomic E-state index is 12.0. The zero-order valence-corrected chi connectivity index (χ0v) is 15.9. The molecule has 3 aromatic carbocycles. The lowest BCUT2D eigenvalue weighted by molar-refractivity contribution is 0.0602. The standard InChI is InChI=1S/C22H18ClN3O2/c1-28-22(27)17-13-15(23)6-8-19(17)25-16-7-9-20-14(12-16)10-11-26(20)21-5-3-2-4-18(21)24/h2-13,25H,24H2,1H3. The van der Waals surface area contributed by atoms with Gasteiger partial charge in [0.1, 0.15) is 0 Å². The van der Waals surface area contributed by atoms with Crippen molar-refractivity contribution in [3.8, 4) is 5.69 Å². The van der Waals surface area contributed by atoms with Gasteiger partial charge in [-0.2, -0.15) is 0 Å². The predicted molar refractivity (Wildman–Crippen MR) is 114 cm³/mol. The molecule has 3 N–H and O–H groups in total. The van der Waals surface area contributed by atoms with Gasteiger partial charge in [0.2, 0.25) is 0 Å². The summed E-state index contributed by atoms with van der Waals surface area (Å²) in [7, 11) is 1.34. The van der Waals surface area contributed by atoms with E-state index in [-0.39, 0.29) is 0 Å². The van der Waals surface area contributed by atoms with Crippen molar-refractivity contribution in [2.45, 2.75) is 0 Å². The Labute approximate surface area is 167 Å². The van der Waals surface area contributed by atoms with Crippen molar-refractivity contribution in [3.63, 3.8) is 0 Å². The van der Waals surface area contributed by atoms with Crippen LogP contribution in [0.15, 0.2) is 72.9 Å². The summed E-state index contributed by atoms with van der Waals surface area (Å²) in [6, 6.07) is 20.8. The van der Waals surface area contributed by atoms with Gasteiger partial charge in [0.15, 0.2) is 0 Å². The van der Waals surface area contributed by atoms with Crippen LogP contribution in [-0.4, -0.2) is 17.6 Å². The normalized spacial score (nSPS) is 10.8. The molecule has 0 bridgehead atoms. The second kappa shape index (κ2) is 7.29. The third-order valence-electron chi connectivity index (χ3n) is 4.55. The second-order valence-corrected chi connectivity index (χ2v) is 6.76. The molecule has 4 rings (SSSR count). The van der Waals surface area contributed by atoms with Crippen LogP contribution in [0.2, 0.25) is 5.02 Å². The minimum absolute atomic E-state index is 0.379. The maximum atomic E-state index is 12.0. The van der Waals surface area contributed by atoms with Crippen LogP contribution < -0.4 is 11.1 Å². The third-order valence-corrected chi connectivity index (χ3v) is 4.79. The molecule has 0 spiro atoms. The first kappa shape index (κ1) is 17.9. The number of hydrogen-bond donors (Lipinski definition) is 2. The molecule has 0 aliphatic rings. The molecule has 0 saturated heterocycles. The summed E-state index contributed by atoms with van der Waals surface area (Å²) in [5.74, 6) is -0.447. The van der Waals surface area contributed by atoms with E-state index in [1.165, 1.54) is 7.11 Å². The zero-order valence-electron chi connectivity index (χ0n) is 15.1. The van der Waals surface area contributed by atoms with Crippen molar-refractivity contribution in [1.82, 2.24) is 4.57 Å². The van der Waals surface area contributed by atoms with Crippen LogP contribution in [0.5, 0.6) is 0 Å². The van der Waals surface area contributed by atoms with Gasteiger partial charge in [0.25, 0.3) is 0 Å².